The molecule has 0 spiro atoms. The van der Waals surface area contributed by atoms with Crippen LogP contribution in [0.5, 0.6) is 5.75 Å². The minimum absolute atomic E-state index is 0.00587. The van der Waals surface area contributed by atoms with Gasteiger partial charge in [0.05, 0.1) is 19.1 Å². The molecule has 0 radical (unpaired) electrons. The second kappa shape index (κ2) is 9.47. The Hall–Kier alpha value is -2.60. The fourth-order valence-corrected chi connectivity index (χ4v) is 4.47. The van der Waals surface area contributed by atoms with Crippen molar-refractivity contribution in [3.63, 3.8) is 0 Å². The molecule has 1 atom stereocenters. The number of methoxy groups -OCH3 is 1. The summed E-state index contributed by atoms with van der Waals surface area (Å²) in [5, 5.41) is 12.9. The summed E-state index contributed by atoms with van der Waals surface area (Å²) in [4.78, 5) is 19.7. The normalized spacial score (nSPS) is 24.3. The SMILES string of the molecule is COc1ccc(-c2ccc(N3CCC[C@H](C(=O)NC4CCC(O)CC4)C3)nc2)cc1. The Labute approximate surface area is 178 Å². The number of nitrogens with one attached hydrogen (secondary N) is 1. The van der Waals surface area contributed by atoms with Gasteiger partial charge in [-0.25, -0.2) is 4.98 Å². The summed E-state index contributed by atoms with van der Waals surface area (Å²) in [5.74, 6) is 1.90. The van der Waals surface area contributed by atoms with Crippen molar-refractivity contribution in [2.45, 2.75) is 50.7 Å². The predicted molar refractivity (Wildman–Crippen MR) is 118 cm³/mol. The van der Waals surface area contributed by atoms with Crippen LogP contribution in [0.25, 0.3) is 11.1 Å². The molecule has 1 aliphatic heterocycles. The first-order chi connectivity index (χ1) is 14.6. The molecule has 6 heteroatoms. The van der Waals surface area contributed by atoms with Gasteiger partial charge in [-0.1, -0.05) is 12.1 Å². The molecule has 1 amide bonds. The van der Waals surface area contributed by atoms with Gasteiger partial charge in [-0.15, -0.1) is 0 Å². The zero-order chi connectivity index (χ0) is 20.9. The molecule has 2 heterocycles. The Kier molecular flexibility index (Phi) is 6.53. The highest BCUT2D eigenvalue weighted by Gasteiger charge is 2.29. The van der Waals surface area contributed by atoms with Crippen molar-refractivity contribution in [3.05, 3.63) is 42.6 Å². The van der Waals surface area contributed by atoms with Crippen molar-refractivity contribution in [1.29, 1.82) is 0 Å². The monoisotopic (exact) mass is 409 g/mol. The van der Waals surface area contributed by atoms with Crippen molar-refractivity contribution in [3.8, 4) is 16.9 Å². The number of pyridine rings is 1. The molecule has 4 rings (SSSR count). The third-order valence-corrected chi connectivity index (χ3v) is 6.33. The molecule has 160 valence electrons. The quantitative estimate of drug-likeness (QED) is 0.792. The van der Waals surface area contributed by atoms with Gasteiger partial charge in [0.15, 0.2) is 0 Å². The second-order valence-corrected chi connectivity index (χ2v) is 8.43. The van der Waals surface area contributed by atoms with Crippen molar-refractivity contribution >= 4 is 11.7 Å². The average molecular weight is 410 g/mol. The molecule has 30 heavy (non-hydrogen) atoms. The molecule has 0 unspecified atom stereocenters. The van der Waals surface area contributed by atoms with Gasteiger partial charge in [0.2, 0.25) is 5.91 Å². The lowest BCUT2D eigenvalue weighted by Gasteiger charge is -2.34. The Balaban J connectivity index is 1.36. The van der Waals surface area contributed by atoms with Crippen LogP contribution in [0.4, 0.5) is 5.82 Å². The van der Waals surface area contributed by atoms with Crippen LogP contribution in [-0.2, 0) is 4.79 Å². The van der Waals surface area contributed by atoms with E-state index in [1.165, 1.54) is 0 Å². The number of aromatic nitrogens is 1. The molecular weight excluding hydrogens is 378 g/mol. The van der Waals surface area contributed by atoms with E-state index in [0.717, 1.165) is 67.8 Å². The molecular formula is C24H31N3O3. The standard InChI is InChI=1S/C24H31N3O3/c1-30-22-11-4-17(5-12-22)18-6-13-23(25-15-18)27-14-2-3-19(16-27)24(29)26-20-7-9-21(28)10-8-20/h4-6,11-13,15,19-21,28H,2-3,7-10,14,16H2,1H3,(H,26,29)/t19-,20?,21?/m0/s1. The van der Waals surface area contributed by atoms with E-state index in [9.17, 15) is 9.90 Å². The maximum Gasteiger partial charge on any atom is 0.225 e. The van der Waals surface area contributed by atoms with E-state index < -0.39 is 0 Å². The van der Waals surface area contributed by atoms with Crippen LogP contribution in [0.2, 0.25) is 0 Å². The maximum absolute atomic E-state index is 12.8. The molecule has 6 nitrogen and oxygen atoms in total. The van der Waals surface area contributed by atoms with Gasteiger partial charge in [-0.3, -0.25) is 4.79 Å². The summed E-state index contributed by atoms with van der Waals surface area (Å²) in [6.07, 6.45) is 6.92. The first-order valence-electron chi connectivity index (χ1n) is 11.0. The lowest BCUT2D eigenvalue weighted by molar-refractivity contribution is -0.126. The number of aliphatic hydroxyl groups excluding tert-OH is 1. The van der Waals surface area contributed by atoms with Crippen LogP contribution in [-0.4, -0.2) is 48.3 Å². The molecule has 1 aromatic carbocycles. The Bertz CT molecular complexity index is 830. The summed E-state index contributed by atoms with van der Waals surface area (Å²) < 4.78 is 5.22. The van der Waals surface area contributed by atoms with E-state index in [1.807, 2.05) is 36.5 Å². The van der Waals surface area contributed by atoms with Crippen LogP contribution in [0.3, 0.4) is 0 Å². The molecule has 1 saturated heterocycles. The van der Waals surface area contributed by atoms with Crippen molar-refractivity contribution < 1.29 is 14.6 Å². The summed E-state index contributed by atoms with van der Waals surface area (Å²) in [6, 6.07) is 12.3. The number of hydrogen-bond donors (Lipinski definition) is 2. The van der Waals surface area contributed by atoms with Gasteiger partial charge in [-0.2, -0.15) is 0 Å². The Morgan fingerprint density at radius 2 is 1.80 bits per heavy atom. The maximum atomic E-state index is 12.8. The third kappa shape index (κ3) is 4.93. The van der Waals surface area contributed by atoms with Crippen molar-refractivity contribution in [2.24, 2.45) is 5.92 Å². The Morgan fingerprint density at radius 1 is 1.07 bits per heavy atom. The molecule has 1 saturated carbocycles. The van der Waals surface area contributed by atoms with Gasteiger partial charge in [0, 0.05) is 30.9 Å². The van der Waals surface area contributed by atoms with E-state index >= 15 is 0 Å². The van der Waals surface area contributed by atoms with E-state index in [4.69, 9.17) is 4.74 Å². The lowest BCUT2D eigenvalue weighted by Crippen LogP contribution is -2.47. The summed E-state index contributed by atoms with van der Waals surface area (Å²) in [5.41, 5.74) is 2.16. The number of hydrogen-bond acceptors (Lipinski definition) is 5. The highest BCUT2D eigenvalue weighted by Crippen LogP contribution is 2.26. The van der Waals surface area contributed by atoms with Gasteiger partial charge in [-0.05, 0) is 68.4 Å². The van der Waals surface area contributed by atoms with Crippen LogP contribution in [0, 0.1) is 5.92 Å². The highest BCUT2D eigenvalue weighted by molar-refractivity contribution is 5.80. The molecule has 2 aliphatic rings. The van der Waals surface area contributed by atoms with Crippen LogP contribution in [0.15, 0.2) is 42.6 Å². The van der Waals surface area contributed by atoms with Gasteiger partial charge < -0.3 is 20.1 Å². The first-order valence-corrected chi connectivity index (χ1v) is 11.0. The first kappa shape index (κ1) is 20.7. The number of piperidine rings is 1. The number of benzene rings is 1. The largest absolute Gasteiger partial charge is 0.497 e. The number of carbonyl (C=O) groups is 1. The van der Waals surface area contributed by atoms with Crippen LogP contribution >= 0.6 is 0 Å². The smallest absolute Gasteiger partial charge is 0.225 e. The van der Waals surface area contributed by atoms with E-state index in [1.54, 1.807) is 7.11 Å². The molecule has 1 aromatic heterocycles. The molecule has 1 aliphatic carbocycles. The molecule has 0 bridgehead atoms. The zero-order valence-electron chi connectivity index (χ0n) is 17.6. The summed E-state index contributed by atoms with van der Waals surface area (Å²) in [7, 11) is 1.66. The Morgan fingerprint density at radius 3 is 2.47 bits per heavy atom. The zero-order valence-corrected chi connectivity index (χ0v) is 17.6. The predicted octanol–water partition coefficient (Wildman–Crippen LogP) is 3.39. The minimum atomic E-state index is -0.199. The van der Waals surface area contributed by atoms with Crippen LogP contribution < -0.4 is 15.0 Å². The molecule has 2 N–H and O–H groups in total. The topological polar surface area (TPSA) is 74.7 Å². The van der Waals surface area contributed by atoms with Gasteiger partial charge in [0.25, 0.3) is 0 Å². The average Bonchev–Trinajstić information content (AvgIpc) is 2.81. The summed E-state index contributed by atoms with van der Waals surface area (Å²) >= 11 is 0. The number of aliphatic hydroxyl groups is 1. The second-order valence-electron chi connectivity index (χ2n) is 8.43. The fraction of sp³-hybridized carbons (Fsp3) is 0.500. The number of anilines is 1. The number of ether oxygens (including phenoxy) is 1. The van der Waals surface area contributed by atoms with E-state index in [2.05, 4.69) is 21.3 Å². The van der Waals surface area contributed by atoms with E-state index in [0.29, 0.717) is 6.54 Å². The van der Waals surface area contributed by atoms with Crippen LogP contribution in [0.1, 0.15) is 38.5 Å². The van der Waals surface area contributed by atoms with Crippen molar-refractivity contribution in [2.75, 3.05) is 25.1 Å². The minimum Gasteiger partial charge on any atom is -0.497 e. The van der Waals surface area contributed by atoms with Crippen molar-refractivity contribution in [1.82, 2.24) is 10.3 Å². The number of nitrogens with zero attached hydrogens (tertiary/aromatic N) is 2. The lowest BCUT2D eigenvalue weighted by atomic mass is 9.91. The third-order valence-electron chi connectivity index (χ3n) is 6.33. The molecule has 2 aromatic rings. The van der Waals surface area contributed by atoms with Gasteiger partial charge in [0.1, 0.15) is 11.6 Å². The highest BCUT2D eigenvalue weighted by atomic mass is 16.5. The number of rotatable bonds is 5. The number of carbonyl (C=O) groups excluding carboxylic acids is 1. The summed E-state index contributed by atoms with van der Waals surface area (Å²) in [6.45, 7) is 1.63. The van der Waals surface area contributed by atoms with E-state index in [-0.39, 0.29) is 24.0 Å². The number of amides is 1. The van der Waals surface area contributed by atoms with Gasteiger partial charge >= 0.3 is 0 Å². The molecule has 2 fully saturated rings. The fourth-order valence-electron chi connectivity index (χ4n) is 4.47.